The third-order valence-corrected chi connectivity index (χ3v) is 2.31. The smallest absolute Gasteiger partial charge is 0.426 e. The summed E-state index contributed by atoms with van der Waals surface area (Å²) in [6.45, 7) is 4.84. The summed E-state index contributed by atoms with van der Waals surface area (Å²) in [5, 5.41) is 2.26. The van der Waals surface area contributed by atoms with Gasteiger partial charge < -0.3 is 14.8 Å². The van der Waals surface area contributed by atoms with Crippen molar-refractivity contribution >= 4 is 18.1 Å². The fraction of sp³-hybridized carbons (Fsp3) is 0.400. The topological polar surface area (TPSA) is 106 Å². The molecule has 0 atom stereocenters. The second-order valence-electron chi connectivity index (χ2n) is 5.59. The Morgan fingerprint density at radius 1 is 1.00 bits per heavy atom. The molecular weight excluding hydrogens is 302 g/mol. The molecule has 0 saturated heterocycles. The second-order valence-corrected chi connectivity index (χ2v) is 5.59. The Morgan fingerprint density at radius 2 is 1.65 bits per heavy atom. The van der Waals surface area contributed by atoms with Gasteiger partial charge in [0.1, 0.15) is 18.8 Å². The molecule has 0 saturated carbocycles. The highest BCUT2D eigenvalue weighted by Gasteiger charge is 2.16. The standard InChI is InChI=1S/C15H21N3O5/c1-15(2,3)23-14(21)18-17-12(19)9-16-13(20)22-10-11-7-5-4-6-8-11/h4-8H,9-10H2,1-3H3,(H,16,20)(H,17,19)(H,18,21). The SMILES string of the molecule is CC(C)(C)OC(=O)NNC(=O)CNC(=O)OCc1ccccc1. The highest BCUT2D eigenvalue weighted by molar-refractivity contribution is 5.83. The summed E-state index contributed by atoms with van der Waals surface area (Å²) in [7, 11) is 0. The summed E-state index contributed by atoms with van der Waals surface area (Å²) < 4.78 is 9.85. The molecule has 8 nitrogen and oxygen atoms in total. The van der Waals surface area contributed by atoms with Gasteiger partial charge in [0.25, 0.3) is 5.91 Å². The van der Waals surface area contributed by atoms with E-state index in [4.69, 9.17) is 9.47 Å². The van der Waals surface area contributed by atoms with Crippen molar-refractivity contribution in [3.63, 3.8) is 0 Å². The largest absolute Gasteiger partial charge is 0.445 e. The minimum Gasteiger partial charge on any atom is -0.445 e. The van der Waals surface area contributed by atoms with Crippen LogP contribution in [0.15, 0.2) is 30.3 Å². The minimum atomic E-state index is -0.794. The normalized spacial score (nSPS) is 10.4. The van der Waals surface area contributed by atoms with E-state index in [0.717, 1.165) is 5.56 Å². The zero-order chi connectivity index (χ0) is 17.3. The lowest BCUT2D eigenvalue weighted by molar-refractivity contribution is -0.121. The van der Waals surface area contributed by atoms with Crippen molar-refractivity contribution in [2.45, 2.75) is 33.0 Å². The van der Waals surface area contributed by atoms with Gasteiger partial charge in [-0.15, -0.1) is 0 Å². The van der Waals surface area contributed by atoms with E-state index in [1.165, 1.54) is 0 Å². The molecule has 126 valence electrons. The van der Waals surface area contributed by atoms with Crippen LogP contribution in [0.25, 0.3) is 0 Å². The Balaban J connectivity index is 2.17. The van der Waals surface area contributed by atoms with Crippen LogP contribution in [-0.4, -0.2) is 30.2 Å². The van der Waals surface area contributed by atoms with Crippen LogP contribution in [0.4, 0.5) is 9.59 Å². The summed E-state index contributed by atoms with van der Waals surface area (Å²) in [4.78, 5) is 34.2. The molecule has 0 aliphatic rings. The van der Waals surface area contributed by atoms with Gasteiger partial charge in [-0.1, -0.05) is 30.3 Å². The Morgan fingerprint density at radius 3 is 2.26 bits per heavy atom. The Kier molecular flexibility index (Phi) is 6.85. The number of carbonyl (C=O) groups excluding carboxylic acids is 3. The van der Waals surface area contributed by atoms with Crippen LogP contribution in [-0.2, 0) is 20.9 Å². The number of ether oxygens (including phenoxy) is 2. The van der Waals surface area contributed by atoms with Crippen molar-refractivity contribution in [1.29, 1.82) is 0 Å². The zero-order valence-corrected chi connectivity index (χ0v) is 13.3. The van der Waals surface area contributed by atoms with Crippen molar-refractivity contribution in [2.24, 2.45) is 0 Å². The molecule has 0 fully saturated rings. The highest BCUT2D eigenvalue weighted by Crippen LogP contribution is 2.05. The van der Waals surface area contributed by atoms with E-state index >= 15 is 0 Å². The van der Waals surface area contributed by atoms with Crippen molar-refractivity contribution in [1.82, 2.24) is 16.2 Å². The van der Waals surface area contributed by atoms with Gasteiger partial charge in [0.2, 0.25) is 0 Å². The Labute approximate surface area is 134 Å². The summed E-state index contributed by atoms with van der Waals surface area (Å²) in [6.07, 6.45) is -1.53. The van der Waals surface area contributed by atoms with Crippen molar-refractivity contribution in [2.75, 3.05) is 6.54 Å². The number of amides is 3. The number of alkyl carbamates (subject to hydrolysis) is 1. The maximum absolute atomic E-state index is 11.4. The molecule has 23 heavy (non-hydrogen) atoms. The van der Waals surface area contributed by atoms with Crippen molar-refractivity contribution in [3.8, 4) is 0 Å². The van der Waals surface area contributed by atoms with Crippen LogP contribution >= 0.6 is 0 Å². The molecule has 0 spiro atoms. The Bertz CT molecular complexity index is 540. The van der Waals surface area contributed by atoms with E-state index in [-0.39, 0.29) is 13.2 Å². The third kappa shape index (κ3) is 8.97. The fourth-order valence-electron chi connectivity index (χ4n) is 1.40. The molecule has 0 heterocycles. The average Bonchev–Trinajstić information content (AvgIpc) is 2.48. The van der Waals surface area contributed by atoms with E-state index in [1.807, 2.05) is 30.3 Å². The van der Waals surface area contributed by atoms with E-state index in [1.54, 1.807) is 20.8 Å². The average molecular weight is 323 g/mol. The van der Waals surface area contributed by atoms with Crippen LogP contribution < -0.4 is 16.2 Å². The molecular formula is C15H21N3O5. The van der Waals surface area contributed by atoms with E-state index in [9.17, 15) is 14.4 Å². The Hall–Kier alpha value is -2.77. The van der Waals surface area contributed by atoms with Crippen LogP contribution in [0, 0.1) is 0 Å². The van der Waals surface area contributed by atoms with Gasteiger partial charge in [-0.25, -0.2) is 15.0 Å². The van der Waals surface area contributed by atoms with Crippen LogP contribution in [0.1, 0.15) is 26.3 Å². The molecule has 1 aromatic carbocycles. The number of hydrogen-bond acceptors (Lipinski definition) is 5. The van der Waals surface area contributed by atoms with E-state index in [0.29, 0.717) is 0 Å². The summed E-state index contributed by atoms with van der Waals surface area (Å²) >= 11 is 0. The summed E-state index contributed by atoms with van der Waals surface area (Å²) in [5.74, 6) is -0.618. The lowest BCUT2D eigenvalue weighted by atomic mass is 10.2. The molecule has 0 radical (unpaired) electrons. The van der Waals surface area contributed by atoms with Gasteiger partial charge >= 0.3 is 12.2 Å². The van der Waals surface area contributed by atoms with Crippen molar-refractivity contribution < 1.29 is 23.9 Å². The van der Waals surface area contributed by atoms with Gasteiger partial charge in [0.05, 0.1) is 0 Å². The molecule has 1 aromatic rings. The molecule has 8 heteroatoms. The molecule has 0 bridgehead atoms. The zero-order valence-electron chi connectivity index (χ0n) is 13.3. The first-order valence-electron chi connectivity index (χ1n) is 6.98. The van der Waals surface area contributed by atoms with Crippen LogP contribution in [0.3, 0.4) is 0 Å². The number of rotatable bonds is 4. The second kappa shape index (κ2) is 8.62. The predicted octanol–water partition coefficient (Wildman–Crippen LogP) is 1.47. The first-order valence-corrected chi connectivity index (χ1v) is 6.98. The molecule has 0 aromatic heterocycles. The maximum atomic E-state index is 11.4. The van der Waals surface area contributed by atoms with Crippen LogP contribution in [0.5, 0.6) is 0 Å². The first-order chi connectivity index (χ1) is 10.8. The number of hydrogen-bond donors (Lipinski definition) is 3. The lowest BCUT2D eigenvalue weighted by Crippen LogP contribution is -2.47. The molecule has 3 amide bonds. The first kappa shape index (κ1) is 18.3. The fourth-order valence-corrected chi connectivity index (χ4v) is 1.40. The number of benzene rings is 1. The highest BCUT2D eigenvalue weighted by atomic mass is 16.6. The van der Waals surface area contributed by atoms with Gasteiger partial charge in [-0.3, -0.25) is 10.2 Å². The maximum Gasteiger partial charge on any atom is 0.426 e. The predicted molar refractivity (Wildman–Crippen MR) is 82.1 cm³/mol. The van der Waals surface area contributed by atoms with Crippen LogP contribution in [0.2, 0.25) is 0 Å². The molecule has 0 aliphatic heterocycles. The van der Waals surface area contributed by atoms with Gasteiger partial charge in [0, 0.05) is 0 Å². The summed E-state index contributed by atoms with van der Waals surface area (Å²) in [5.41, 5.74) is 4.33. The van der Waals surface area contributed by atoms with Crippen molar-refractivity contribution in [3.05, 3.63) is 35.9 Å². The third-order valence-electron chi connectivity index (χ3n) is 2.31. The van der Waals surface area contributed by atoms with Gasteiger partial charge in [0.15, 0.2) is 0 Å². The number of hydrazine groups is 1. The number of carbonyl (C=O) groups is 3. The summed E-state index contributed by atoms with van der Waals surface area (Å²) in [6, 6.07) is 9.12. The van der Waals surface area contributed by atoms with Gasteiger partial charge in [-0.2, -0.15) is 0 Å². The molecule has 3 N–H and O–H groups in total. The minimum absolute atomic E-state index is 0.102. The lowest BCUT2D eigenvalue weighted by Gasteiger charge is -2.19. The monoisotopic (exact) mass is 323 g/mol. The molecule has 0 aliphatic carbocycles. The van der Waals surface area contributed by atoms with E-state index < -0.39 is 23.7 Å². The van der Waals surface area contributed by atoms with E-state index in [2.05, 4.69) is 16.2 Å². The molecule has 0 unspecified atom stereocenters. The quantitative estimate of drug-likeness (QED) is 0.728. The van der Waals surface area contributed by atoms with Gasteiger partial charge in [-0.05, 0) is 26.3 Å². The number of nitrogens with one attached hydrogen (secondary N) is 3. The molecule has 1 rings (SSSR count).